The number of carbonyl (C=O) groups excluding carboxylic acids is 1. The number of nitrogens with zero attached hydrogens (tertiary/aromatic N) is 3. The molecule has 2 aromatic carbocycles. The van der Waals surface area contributed by atoms with E-state index in [4.69, 9.17) is 4.42 Å². The standard InChI is InChI=1S/C24H24N4O2/c1-16-8-7-9-19(12-16)14-25-22(29)15-28-17(2)13-21(18(28)3)24-27-26-23(30-24)20-10-5-4-6-11-20/h4-13H,14-15H2,1-3H3,(H,25,29). The number of hydrogen-bond donors (Lipinski definition) is 1. The number of rotatable bonds is 6. The highest BCUT2D eigenvalue weighted by molar-refractivity contribution is 5.76. The molecule has 30 heavy (non-hydrogen) atoms. The van der Waals surface area contributed by atoms with Gasteiger partial charge in [-0.25, -0.2) is 0 Å². The van der Waals surface area contributed by atoms with E-state index in [-0.39, 0.29) is 12.5 Å². The quantitative estimate of drug-likeness (QED) is 0.519. The van der Waals surface area contributed by atoms with E-state index in [0.717, 1.165) is 28.1 Å². The molecule has 6 nitrogen and oxygen atoms in total. The van der Waals surface area contributed by atoms with Crippen molar-refractivity contribution in [3.05, 3.63) is 83.2 Å². The van der Waals surface area contributed by atoms with E-state index in [2.05, 4.69) is 21.6 Å². The second kappa shape index (κ2) is 8.37. The molecular weight excluding hydrogens is 376 g/mol. The molecular formula is C24H24N4O2. The van der Waals surface area contributed by atoms with Gasteiger partial charge in [-0.05, 0) is 44.5 Å². The third kappa shape index (κ3) is 4.17. The Morgan fingerprint density at radius 1 is 0.967 bits per heavy atom. The third-order valence-corrected chi connectivity index (χ3v) is 5.12. The number of aromatic nitrogens is 3. The Balaban J connectivity index is 1.48. The van der Waals surface area contributed by atoms with Crippen LogP contribution in [0, 0.1) is 20.8 Å². The van der Waals surface area contributed by atoms with Crippen LogP contribution in [0.4, 0.5) is 0 Å². The van der Waals surface area contributed by atoms with Crippen molar-refractivity contribution in [2.24, 2.45) is 0 Å². The Kier molecular flexibility index (Phi) is 5.48. The molecule has 0 aliphatic heterocycles. The summed E-state index contributed by atoms with van der Waals surface area (Å²) in [6.45, 7) is 6.72. The molecule has 1 N–H and O–H groups in total. The van der Waals surface area contributed by atoms with Gasteiger partial charge in [-0.3, -0.25) is 4.79 Å². The van der Waals surface area contributed by atoms with E-state index < -0.39 is 0 Å². The highest BCUT2D eigenvalue weighted by Gasteiger charge is 2.18. The Labute approximate surface area is 175 Å². The Bertz CT molecular complexity index is 1180. The van der Waals surface area contributed by atoms with Crippen LogP contribution in [0.25, 0.3) is 22.9 Å². The highest BCUT2D eigenvalue weighted by Crippen LogP contribution is 2.28. The van der Waals surface area contributed by atoms with E-state index in [1.54, 1.807) is 0 Å². The maximum Gasteiger partial charge on any atom is 0.249 e. The van der Waals surface area contributed by atoms with Gasteiger partial charge in [-0.1, -0.05) is 48.0 Å². The molecule has 0 radical (unpaired) electrons. The zero-order valence-corrected chi connectivity index (χ0v) is 17.3. The van der Waals surface area contributed by atoms with Crippen LogP contribution in [-0.4, -0.2) is 20.7 Å². The van der Waals surface area contributed by atoms with Crippen molar-refractivity contribution < 1.29 is 9.21 Å². The van der Waals surface area contributed by atoms with Gasteiger partial charge in [0.15, 0.2) is 0 Å². The van der Waals surface area contributed by atoms with Gasteiger partial charge in [0, 0.05) is 23.5 Å². The van der Waals surface area contributed by atoms with Gasteiger partial charge in [-0.2, -0.15) is 0 Å². The predicted octanol–water partition coefficient (Wildman–Crippen LogP) is 4.45. The molecule has 0 fully saturated rings. The lowest BCUT2D eigenvalue weighted by Crippen LogP contribution is -2.27. The summed E-state index contributed by atoms with van der Waals surface area (Å²) in [4.78, 5) is 12.5. The van der Waals surface area contributed by atoms with Crippen molar-refractivity contribution in [3.63, 3.8) is 0 Å². The average Bonchev–Trinajstić information content (AvgIpc) is 3.34. The molecule has 2 aromatic heterocycles. The lowest BCUT2D eigenvalue weighted by Gasteiger charge is -2.10. The van der Waals surface area contributed by atoms with Crippen molar-refractivity contribution in [2.75, 3.05) is 0 Å². The average molecular weight is 400 g/mol. The van der Waals surface area contributed by atoms with Gasteiger partial charge in [0.2, 0.25) is 17.7 Å². The van der Waals surface area contributed by atoms with Crippen LogP contribution < -0.4 is 5.32 Å². The molecule has 4 rings (SSSR count). The molecule has 0 atom stereocenters. The maximum absolute atomic E-state index is 12.5. The summed E-state index contributed by atoms with van der Waals surface area (Å²) in [6, 6.07) is 19.8. The lowest BCUT2D eigenvalue weighted by atomic mass is 10.1. The first kappa shape index (κ1) is 19.6. The highest BCUT2D eigenvalue weighted by atomic mass is 16.4. The molecule has 0 saturated carbocycles. The van der Waals surface area contributed by atoms with Crippen molar-refractivity contribution >= 4 is 5.91 Å². The normalized spacial score (nSPS) is 10.9. The fraction of sp³-hybridized carbons (Fsp3) is 0.208. The van der Waals surface area contributed by atoms with E-state index in [1.807, 2.05) is 79.9 Å². The van der Waals surface area contributed by atoms with E-state index in [1.165, 1.54) is 5.56 Å². The number of nitrogens with one attached hydrogen (secondary N) is 1. The number of hydrogen-bond acceptors (Lipinski definition) is 4. The second-order valence-corrected chi connectivity index (χ2v) is 7.42. The lowest BCUT2D eigenvalue weighted by molar-refractivity contribution is -0.121. The number of benzene rings is 2. The molecule has 0 aliphatic rings. The zero-order valence-electron chi connectivity index (χ0n) is 17.3. The minimum Gasteiger partial charge on any atom is -0.416 e. The van der Waals surface area contributed by atoms with Gasteiger partial charge in [-0.15, -0.1) is 10.2 Å². The first-order valence-corrected chi connectivity index (χ1v) is 9.89. The van der Waals surface area contributed by atoms with Gasteiger partial charge < -0.3 is 14.3 Å². The van der Waals surface area contributed by atoms with Gasteiger partial charge in [0.1, 0.15) is 6.54 Å². The summed E-state index contributed by atoms with van der Waals surface area (Å²) >= 11 is 0. The topological polar surface area (TPSA) is 73.0 Å². The van der Waals surface area contributed by atoms with Crippen LogP contribution in [0.5, 0.6) is 0 Å². The van der Waals surface area contributed by atoms with Gasteiger partial charge >= 0.3 is 0 Å². The SMILES string of the molecule is Cc1cccc(CNC(=O)Cn2c(C)cc(-c3nnc(-c4ccccc4)o3)c2C)c1. The molecule has 4 aromatic rings. The van der Waals surface area contributed by atoms with Crippen LogP contribution in [0.15, 0.2) is 65.1 Å². The van der Waals surface area contributed by atoms with Gasteiger partial charge in [0.25, 0.3) is 0 Å². The van der Waals surface area contributed by atoms with Crippen LogP contribution in [0.2, 0.25) is 0 Å². The van der Waals surface area contributed by atoms with Crippen molar-refractivity contribution in [3.8, 4) is 22.9 Å². The van der Waals surface area contributed by atoms with E-state index >= 15 is 0 Å². The first-order chi connectivity index (χ1) is 14.5. The summed E-state index contributed by atoms with van der Waals surface area (Å²) in [5, 5.41) is 11.4. The van der Waals surface area contributed by atoms with E-state index in [9.17, 15) is 4.79 Å². The molecule has 2 heterocycles. The molecule has 152 valence electrons. The summed E-state index contributed by atoms with van der Waals surface area (Å²) in [5.41, 5.74) is 5.87. The van der Waals surface area contributed by atoms with Crippen LogP contribution in [0.1, 0.15) is 22.5 Å². The number of amides is 1. The van der Waals surface area contributed by atoms with Crippen LogP contribution >= 0.6 is 0 Å². The molecule has 0 bridgehead atoms. The van der Waals surface area contributed by atoms with Crippen LogP contribution in [-0.2, 0) is 17.9 Å². The van der Waals surface area contributed by atoms with Crippen molar-refractivity contribution in [1.82, 2.24) is 20.1 Å². The fourth-order valence-electron chi connectivity index (χ4n) is 3.51. The largest absolute Gasteiger partial charge is 0.416 e. The minimum absolute atomic E-state index is 0.0413. The van der Waals surface area contributed by atoms with Gasteiger partial charge in [0.05, 0.1) is 5.56 Å². The monoisotopic (exact) mass is 400 g/mol. The Morgan fingerprint density at radius 3 is 2.50 bits per heavy atom. The predicted molar refractivity (Wildman–Crippen MR) is 116 cm³/mol. The zero-order chi connectivity index (χ0) is 21.1. The Morgan fingerprint density at radius 2 is 1.73 bits per heavy atom. The van der Waals surface area contributed by atoms with E-state index in [0.29, 0.717) is 18.3 Å². The third-order valence-electron chi connectivity index (χ3n) is 5.12. The Hall–Kier alpha value is -3.67. The second-order valence-electron chi connectivity index (χ2n) is 7.42. The molecule has 0 saturated heterocycles. The number of aryl methyl sites for hydroxylation is 2. The van der Waals surface area contributed by atoms with Crippen molar-refractivity contribution in [2.45, 2.75) is 33.9 Å². The molecule has 0 unspecified atom stereocenters. The minimum atomic E-state index is -0.0413. The van der Waals surface area contributed by atoms with Crippen LogP contribution in [0.3, 0.4) is 0 Å². The summed E-state index contributed by atoms with van der Waals surface area (Å²) in [7, 11) is 0. The first-order valence-electron chi connectivity index (χ1n) is 9.89. The summed E-state index contributed by atoms with van der Waals surface area (Å²) < 4.78 is 7.86. The smallest absolute Gasteiger partial charge is 0.249 e. The molecule has 6 heteroatoms. The molecule has 1 amide bonds. The number of carbonyl (C=O) groups is 1. The van der Waals surface area contributed by atoms with Crippen molar-refractivity contribution in [1.29, 1.82) is 0 Å². The summed E-state index contributed by atoms with van der Waals surface area (Å²) in [6.07, 6.45) is 0. The summed E-state index contributed by atoms with van der Waals surface area (Å²) in [5.74, 6) is 0.889. The fourth-order valence-corrected chi connectivity index (χ4v) is 3.51. The molecule has 0 spiro atoms. The maximum atomic E-state index is 12.5. The molecule has 0 aliphatic carbocycles.